The maximum Gasteiger partial charge on any atom is 0.347 e. The van der Waals surface area contributed by atoms with Gasteiger partial charge in [-0.05, 0) is 86.3 Å². The zero-order valence-electron chi connectivity index (χ0n) is 53.0. The Balaban J connectivity index is 1.17. The molecule has 494 valence electrons. The van der Waals surface area contributed by atoms with E-state index in [1.54, 1.807) is 46.8 Å². The van der Waals surface area contributed by atoms with Gasteiger partial charge in [0.15, 0.2) is 17.7 Å². The highest BCUT2D eigenvalue weighted by Crippen LogP contribution is 2.45. The molecule has 6 amide bonds. The lowest BCUT2D eigenvalue weighted by atomic mass is 9.89. The fourth-order valence-corrected chi connectivity index (χ4v) is 11.1. The summed E-state index contributed by atoms with van der Waals surface area (Å²) in [4.78, 5) is 160. The van der Waals surface area contributed by atoms with E-state index in [-0.39, 0.29) is 121 Å². The van der Waals surface area contributed by atoms with Crippen molar-refractivity contribution >= 4 is 92.2 Å². The quantitative estimate of drug-likeness (QED) is 0.0291. The molecule has 2 aromatic rings. The second-order valence-electron chi connectivity index (χ2n) is 25.3. The lowest BCUT2D eigenvalue weighted by Crippen LogP contribution is -2.51. The van der Waals surface area contributed by atoms with Gasteiger partial charge in [0.1, 0.15) is 29.8 Å². The molecule has 25 heteroatoms. The summed E-state index contributed by atoms with van der Waals surface area (Å²) < 4.78 is 49.3. The predicted molar refractivity (Wildman–Crippen MR) is 330 cm³/mol. The van der Waals surface area contributed by atoms with Crippen LogP contribution in [-0.4, -0.2) is 156 Å². The monoisotopic (exact) mass is 1290 g/mol. The van der Waals surface area contributed by atoms with Crippen LogP contribution in [0.2, 0.25) is 5.02 Å². The molecule has 2 fully saturated rings. The number of amides is 6. The Hall–Kier alpha value is -7.02. The van der Waals surface area contributed by atoms with Crippen molar-refractivity contribution < 1.29 is 84.7 Å². The largest absolute Gasteiger partial charge is 0.459 e. The lowest BCUT2D eigenvalue weighted by Gasteiger charge is -2.29. The number of ether oxygens (including phenoxy) is 3. The molecule has 2 saturated heterocycles. The molecular weight excluding hydrogens is 1210 g/mol. The van der Waals surface area contributed by atoms with E-state index in [4.69, 9.17) is 30.4 Å². The highest BCUT2D eigenvalue weighted by Gasteiger charge is 2.48. The Labute approximate surface area is 532 Å². The molecule has 3 heterocycles. The van der Waals surface area contributed by atoms with Crippen molar-refractivity contribution in [2.24, 2.45) is 29.1 Å². The van der Waals surface area contributed by atoms with E-state index >= 15 is 0 Å². The molecule has 0 bridgehead atoms. The summed E-state index contributed by atoms with van der Waals surface area (Å²) in [5.41, 5.74) is 1.93. The van der Waals surface area contributed by atoms with Crippen molar-refractivity contribution in [2.75, 3.05) is 31.9 Å². The van der Waals surface area contributed by atoms with Crippen LogP contribution in [0.4, 0.5) is 0 Å². The van der Waals surface area contributed by atoms with Gasteiger partial charge in [0.05, 0.1) is 29.9 Å². The number of epoxide rings is 1. The number of imide groups is 1. The third-order valence-electron chi connectivity index (χ3n) is 16.2. The molecule has 0 radical (unpaired) electrons. The average Bonchev–Trinajstić information content (AvgIpc) is 1.71. The molecule has 8 atom stereocenters. The number of ketones is 4. The summed E-state index contributed by atoms with van der Waals surface area (Å²) in [6.45, 7) is 14.7. The van der Waals surface area contributed by atoms with Crippen LogP contribution < -0.4 is 16.0 Å². The van der Waals surface area contributed by atoms with E-state index in [0.29, 0.717) is 17.0 Å². The minimum atomic E-state index is -4.29. The van der Waals surface area contributed by atoms with E-state index in [1.165, 1.54) is 11.0 Å². The molecular formula is C65H88ClN5O18S. The van der Waals surface area contributed by atoms with Gasteiger partial charge in [0.2, 0.25) is 35.4 Å². The smallest absolute Gasteiger partial charge is 0.347 e. The van der Waals surface area contributed by atoms with Crippen LogP contribution in [-0.2, 0) is 94.7 Å². The van der Waals surface area contributed by atoms with E-state index in [9.17, 15) is 66.0 Å². The van der Waals surface area contributed by atoms with Gasteiger partial charge in [-0.15, -0.1) is 0 Å². The molecule has 3 aliphatic heterocycles. The first-order chi connectivity index (χ1) is 42.2. The molecule has 23 nitrogen and oxygen atoms in total. The summed E-state index contributed by atoms with van der Waals surface area (Å²) in [7, 11) is -4.29. The van der Waals surface area contributed by atoms with Crippen molar-refractivity contribution in [3.05, 3.63) is 81.9 Å². The van der Waals surface area contributed by atoms with Gasteiger partial charge < -0.3 is 35.1 Å². The van der Waals surface area contributed by atoms with Crippen molar-refractivity contribution in [1.29, 1.82) is 0 Å². The fraction of sp³-hybridized carbons (Fsp3) is 0.600. The highest BCUT2D eigenvalue weighted by atomic mass is 35.5. The van der Waals surface area contributed by atoms with Crippen LogP contribution in [0, 0.1) is 36.0 Å². The Morgan fingerprint density at radius 3 is 2.11 bits per heavy atom. The summed E-state index contributed by atoms with van der Waals surface area (Å²) in [6, 6.07) is 10.8. The second kappa shape index (κ2) is 33.9. The number of hydrogen-bond acceptors (Lipinski definition) is 17. The number of carbonyl (C=O) groups is 12. The number of hydrogen-bond donors (Lipinski definition) is 4. The fourth-order valence-electron chi connectivity index (χ4n) is 10.4. The molecule has 0 aromatic heterocycles. The zero-order valence-corrected chi connectivity index (χ0v) is 54.5. The third kappa shape index (κ3) is 23.7. The number of cyclic esters (lactones) is 2. The first kappa shape index (κ1) is 73.7. The van der Waals surface area contributed by atoms with E-state index in [1.807, 2.05) is 64.1 Å². The van der Waals surface area contributed by atoms with Crippen LogP contribution in [0.5, 0.6) is 0 Å². The van der Waals surface area contributed by atoms with Crippen molar-refractivity contribution in [1.82, 2.24) is 25.8 Å². The van der Waals surface area contributed by atoms with Crippen molar-refractivity contribution in [3.63, 3.8) is 0 Å². The van der Waals surface area contributed by atoms with E-state index < -0.39 is 141 Å². The lowest BCUT2D eigenvalue weighted by molar-refractivity contribution is -0.179. The van der Waals surface area contributed by atoms with Crippen LogP contribution in [0.3, 0.4) is 0 Å². The van der Waals surface area contributed by atoms with Gasteiger partial charge in [0.25, 0.3) is 10.1 Å². The number of rotatable bonds is 31. The van der Waals surface area contributed by atoms with Gasteiger partial charge >= 0.3 is 11.9 Å². The first-order valence-corrected chi connectivity index (χ1v) is 32.8. The van der Waals surface area contributed by atoms with Gasteiger partial charge in [-0.2, -0.15) is 8.42 Å². The standard InChI is InChI=1S/C65H88ClN5O18S/c1-38(2)32-53-63(82)87-52(13-10-14-54(76)68-49(35-44-16-15-40(5)48(66)34-44)62(81)67-37-65(8,9)64(83)88-53)42(7)60-61(89-60)45-20-17-43(18-21-45)19-23-50(74)41(6)33-51(75)59(39(3)4)69-55(77)28-30-70(29-27-47(73)36-71-57(79)25-26-58(71)80)56(78)24-22-46(72)12-11-31-90(84,85)86/h10,14-18,20-21,34,38-39,41-42,49,52-53,59-61H,11-13,19,22-33,35-37H2,1-9H3,(H,67,81)(H,68,76)(H,69,77)(H,84,85,86)/b14-10+/t41-,42+,49-,52+,53+,59+,60-,61-/m1/s1. The van der Waals surface area contributed by atoms with Crippen LogP contribution in [0.1, 0.15) is 161 Å². The molecule has 90 heavy (non-hydrogen) atoms. The van der Waals surface area contributed by atoms with Crippen molar-refractivity contribution in [2.45, 2.75) is 189 Å². The molecule has 2 aromatic carbocycles. The molecule has 5 rings (SSSR count). The number of nitrogens with one attached hydrogen (secondary N) is 3. The molecule has 0 unspecified atom stereocenters. The maximum absolute atomic E-state index is 14.0. The summed E-state index contributed by atoms with van der Waals surface area (Å²) in [5, 5.41) is 8.77. The summed E-state index contributed by atoms with van der Waals surface area (Å²) in [5.74, 6) is -8.54. The minimum Gasteiger partial charge on any atom is -0.459 e. The molecule has 0 spiro atoms. The molecule has 3 aliphatic rings. The Bertz CT molecular complexity index is 3110. The second-order valence-corrected chi connectivity index (χ2v) is 27.2. The van der Waals surface area contributed by atoms with Gasteiger partial charge in [0, 0.05) is 107 Å². The summed E-state index contributed by atoms with van der Waals surface area (Å²) in [6.07, 6.45) is -1.05. The number of aryl methyl sites for hydroxylation is 2. The number of halogens is 1. The zero-order chi connectivity index (χ0) is 66.8. The number of esters is 2. The van der Waals surface area contributed by atoms with Crippen LogP contribution >= 0.6 is 11.6 Å². The number of Topliss-reactive ketones (excluding diaryl/α,β-unsaturated/α-hetero) is 4. The molecule has 4 N–H and O–H groups in total. The molecule has 0 aliphatic carbocycles. The first-order valence-electron chi connectivity index (χ1n) is 30.8. The highest BCUT2D eigenvalue weighted by molar-refractivity contribution is 7.85. The normalized spacial score (nSPS) is 21.3. The molecule has 0 saturated carbocycles. The SMILES string of the molecule is Cc1ccc(C[C@H]2NC(=O)/C=C/C[C@@H]([C@H](C)[C@H]3O[C@@H]3c3ccc(CCC(=O)[C@H](C)CC(=O)[C@@H](NC(=O)CCN(CCC(=O)CN4C(=O)CCC4=O)C(=O)CCC(=O)CCCS(=O)(=O)O)C(C)C)cc3)OC(=O)[C@H](CC(C)C)OC(=O)C(C)(C)CNC2=O)cc1Cl. The summed E-state index contributed by atoms with van der Waals surface area (Å²) >= 11 is 6.39. The number of likely N-dealkylation sites (tertiary alicyclic amines) is 1. The predicted octanol–water partition coefficient (Wildman–Crippen LogP) is 6.01. The number of nitrogens with zero attached hydrogens (tertiary/aromatic N) is 2. The van der Waals surface area contributed by atoms with Crippen LogP contribution in [0.25, 0.3) is 0 Å². The topological polar surface area (TPSA) is 333 Å². The van der Waals surface area contributed by atoms with Crippen molar-refractivity contribution in [3.8, 4) is 0 Å². The number of benzene rings is 2. The Morgan fingerprint density at radius 1 is 0.822 bits per heavy atom. The maximum atomic E-state index is 14.0. The third-order valence-corrected chi connectivity index (χ3v) is 17.5. The van der Waals surface area contributed by atoms with Gasteiger partial charge in [-0.3, -0.25) is 62.2 Å². The van der Waals surface area contributed by atoms with Gasteiger partial charge in [-0.25, -0.2) is 4.79 Å². The van der Waals surface area contributed by atoms with E-state index in [2.05, 4.69) is 16.0 Å². The van der Waals surface area contributed by atoms with Gasteiger partial charge in [-0.1, -0.05) is 95.6 Å². The Morgan fingerprint density at radius 2 is 1.48 bits per heavy atom. The van der Waals surface area contributed by atoms with Crippen LogP contribution in [0.15, 0.2) is 54.6 Å². The minimum absolute atomic E-state index is 0.0149. The number of carbonyl (C=O) groups excluding carboxylic acids is 12. The average molecular weight is 1290 g/mol. The van der Waals surface area contributed by atoms with E-state index in [0.717, 1.165) is 21.6 Å². The Kier molecular flexibility index (Phi) is 27.7.